The molecule has 0 aliphatic heterocycles. The van der Waals surface area contributed by atoms with Gasteiger partial charge in [-0.3, -0.25) is 4.79 Å². The number of carbonyl (C=O) groups excluding carboxylic acids is 1. The number of amides is 1. The molecule has 1 aromatic carbocycles. The summed E-state index contributed by atoms with van der Waals surface area (Å²) in [5.41, 5.74) is 1.42. The standard InChI is InChI=1S/C14H14F3NO2/c1-10-9-12(18-13(20)14(15,16)17)7-6-11(10)5-3-2-4-8-19/h6-7,9,19H,2,4,8H2,1H3,(H,18,20). The van der Waals surface area contributed by atoms with Crippen LogP contribution in [0.4, 0.5) is 18.9 Å². The van der Waals surface area contributed by atoms with Crippen molar-refractivity contribution in [3.63, 3.8) is 0 Å². The third-order valence-electron chi connectivity index (χ3n) is 2.42. The van der Waals surface area contributed by atoms with Crippen molar-refractivity contribution in [2.75, 3.05) is 11.9 Å². The molecule has 6 heteroatoms. The first kappa shape index (κ1) is 16.1. The van der Waals surface area contributed by atoms with Crippen molar-refractivity contribution in [2.24, 2.45) is 0 Å². The van der Waals surface area contributed by atoms with E-state index in [4.69, 9.17) is 5.11 Å². The predicted octanol–water partition coefficient (Wildman–Crippen LogP) is 2.62. The summed E-state index contributed by atoms with van der Waals surface area (Å²) in [5.74, 6) is 3.71. The number of alkyl halides is 3. The minimum Gasteiger partial charge on any atom is -0.396 e. The van der Waals surface area contributed by atoms with Gasteiger partial charge in [0.15, 0.2) is 0 Å². The lowest BCUT2D eigenvalue weighted by atomic mass is 10.1. The number of hydrogen-bond acceptors (Lipinski definition) is 2. The van der Waals surface area contributed by atoms with Crippen LogP contribution in [-0.2, 0) is 4.79 Å². The van der Waals surface area contributed by atoms with Crippen molar-refractivity contribution in [3.05, 3.63) is 29.3 Å². The molecule has 3 nitrogen and oxygen atoms in total. The lowest BCUT2D eigenvalue weighted by Crippen LogP contribution is -2.29. The van der Waals surface area contributed by atoms with E-state index < -0.39 is 12.1 Å². The van der Waals surface area contributed by atoms with Crippen LogP contribution in [0.2, 0.25) is 0 Å². The fraction of sp³-hybridized carbons (Fsp3) is 0.357. The number of hydrogen-bond donors (Lipinski definition) is 2. The van der Waals surface area contributed by atoms with E-state index in [1.165, 1.54) is 12.1 Å². The summed E-state index contributed by atoms with van der Waals surface area (Å²) in [7, 11) is 0. The molecule has 2 N–H and O–H groups in total. The van der Waals surface area contributed by atoms with Gasteiger partial charge in [0.1, 0.15) is 0 Å². The van der Waals surface area contributed by atoms with E-state index in [1.54, 1.807) is 18.3 Å². The maximum absolute atomic E-state index is 12.1. The van der Waals surface area contributed by atoms with Gasteiger partial charge in [-0.1, -0.05) is 11.8 Å². The molecule has 1 rings (SSSR count). The van der Waals surface area contributed by atoms with Gasteiger partial charge < -0.3 is 10.4 Å². The molecule has 0 spiro atoms. The van der Waals surface area contributed by atoms with Gasteiger partial charge in [0, 0.05) is 24.3 Å². The average molecular weight is 285 g/mol. The fourth-order valence-corrected chi connectivity index (χ4v) is 1.41. The van der Waals surface area contributed by atoms with E-state index in [0.717, 1.165) is 0 Å². The molecule has 1 aromatic rings. The van der Waals surface area contributed by atoms with Gasteiger partial charge in [-0.05, 0) is 37.1 Å². The first-order valence-corrected chi connectivity index (χ1v) is 5.93. The number of anilines is 1. The Balaban J connectivity index is 2.77. The summed E-state index contributed by atoms with van der Waals surface area (Å²) < 4.78 is 36.3. The van der Waals surface area contributed by atoms with Crippen molar-refractivity contribution in [3.8, 4) is 11.8 Å². The zero-order valence-corrected chi connectivity index (χ0v) is 10.8. The monoisotopic (exact) mass is 285 g/mol. The molecule has 0 fully saturated rings. The van der Waals surface area contributed by atoms with E-state index in [1.807, 2.05) is 0 Å². The lowest BCUT2D eigenvalue weighted by Gasteiger charge is -2.09. The molecule has 0 saturated heterocycles. The van der Waals surface area contributed by atoms with Crippen LogP contribution in [0.25, 0.3) is 0 Å². The molecule has 0 radical (unpaired) electrons. The Hall–Kier alpha value is -2.00. The Bertz CT molecular complexity index is 542. The Kier molecular flexibility index (Phi) is 5.59. The topological polar surface area (TPSA) is 49.3 Å². The fourth-order valence-electron chi connectivity index (χ4n) is 1.41. The minimum absolute atomic E-state index is 0.0655. The van der Waals surface area contributed by atoms with Gasteiger partial charge >= 0.3 is 12.1 Å². The van der Waals surface area contributed by atoms with Gasteiger partial charge in [-0.2, -0.15) is 13.2 Å². The normalized spacial score (nSPS) is 10.7. The SMILES string of the molecule is Cc1cc(NC(=O)C(F)(F)F)ccc1C#CCCCO. The number of rotatable bonds is 3. The highest BCUT2D eigenvalue weighted by Crippen LogP contribution is 2.20. The number of aliphatic hydroxyl groups excluding tert-OH is 1. The van der Waals surface area contributed by atoms with Crippen molar-refractivity contribution in [1.29, 1.82) is 0 Å². The molecule has 1 amide bonds. The van der Waals surface area contributed by atoms with Gasteiger partial charge in [-0.15, -0.1) is 0 Å². The molecule has 0 saturated carbocycles. The molecule has 0 atom stereocenters. The average Bonchev–Trinajstić information content (AvgIpc) is 2.35. The summed E-state index contributed by atoms with van der Waals surface area (Å²) in [5, 5.41) is 10.4. The van der Waals surface area contributed by atoms with E-state index >= 15 is 0 Å². The number of nitrogens with one attached hydrogen (secondary N) is 1. The second-order valence-corrected chi connectivity index (χ2v) is 4.11. The van der Waals surface area contributed by atoms with E-state index in [0.29, 0.717) is 24.0 Å². The summed E-state index contributed by atoms with van der Waals surface area (Å²) in [4.78, 5) is 10.8. The quantitative estimate of drug-likeness (QED) is 0.662. The van der Waals surface area contributed by atoms with Gasteiger partial charge in [-0.25, -0.2) is 0 Å². The molecule has 0 unspecified atom stereocenters. The van der Waals surface area contributed by atoms with Crippen LogP contribution < -0.4 is 5.32 Å². The van der Waals surface area contributed by atoms with E-state index in [9.17, 15) is 18.0 Å². The Morgan fingerprint density at radius 2 is 2.10 bits per heavy atom. The maximum Gasteiger partial charge on any atom is 0.471 e. The summed E-state index contributed by atoms with van der Waals surface area (Å²) in [6, 6.07) is 4.35. The van der Waals surface area contributed by atoms with Crippen LogP contribution in [0.5, 0.6) is 0 Å². The third kappa shape index (κ3) is 4.94. The highest BCUT2D eigenvalue weighted by Gasteiger charge is 2.38. The molecule has 0 aromatic heterocycles. The van der Waals surface area contributed by atoms with Crippen LogP contribution in [0.3, 0.4) is 0 Å². The van der Waals surface area contributed by atoms with Crippen molar-refractivity contribution in [2.45, 2.75) is 25.9 Å². The molecular weight excluding hydrogens is 271 g/mol. The van der Waals surface area contributed by atoms with Crippen molar-refractivity contribution >= 4 is 11.6 Å². The Morgan fingerprint density at radius 3 is 2.65 bits per heavy atom. The number of aryl methyl sites for hydroxylation is 1. The molecular formula is C14H14F3NO2. The zero-order valence-electron chi connectivity index (χ0n) is 10.8. The van der Waals surface area contributed by atoms with Crippen LogP contribution >= 0.6 is 0 Å². The molecule has 0 heterocycles. The largest absolute Gasteiger partial charge is 0.471 e. The van der Waals surface area contributed by atoms with Crippen LogP contribution in [-0.4, -0.2) is 23.8 Å². The zero-order chi connectivity index (χ0) is 15.2. The molecule has 0 bridgehead atoms. The number of benzene rings is 1. The number of carbonyl (C=O) groups is 1. The first-order valence-electron chi connectivity index (χ1n) is 5.93. The summed E-state index contributed by atoms with van der Waals surface area (Å²) in [6.45, 7) is 1.76. The van der Waals surface area contributed by atoms with Crippen molar-refractivity contribution in [1.82, 2.24) is 0 Å². The number of aliphatic hydroxyl groups is 1. The maximum atomic E-state index is 12.1. The van der Waals surface area contributed by atoms with Gasteiger partial charge in [0.25, 0.3) is 0 Å². The van der Waals surface area contributed by atoms with E-state index in [-0.39, 0.29) is 12.3 Å². The smallest absolute Gasteiger partial charge is 0.396 e. The second kappa shape index (κ2) is 6.96. The molecule has 0 aliphatic carbocycles. The highest BCUT2D eigenvalue weighted by molar-refractivity contribution is 5.95. The minimum atomic E-state index is -4.91. The van der Waals surface area contributed by atoms with Crippen molar-refractivity contribution < 1.29 is 23.1 Å². The van der Waals surface area contributed by atoms with Gasteiger partial charge in [0.2, 0.25) is 0 Å². The summed E-state index contributed by atoms with van der Waals surface area (Å²) in [6.07, 6.45) is -3.79. The third-order valence-corrected chi connectivity index (χ3v) is 2.42. The first-order chi connectivity index (χ1) is 9.34. The Morgan fingerprint density at radius 1 is 1.40 bits per heavy atom. The molecule has 0 aliphatic rings. The summed E-state index contributed by atoms with van der Waals surface area (Å²) >= 11 is 0. The lowest BCUT2D eigenvalue weighted by molar-refractivity contribution is -0.167. The second-order valence-electron chi connectivity index (χ2n) is 4.11. The predicted molar refractivity (Wildman–Crippen MR) is 69.1 cm³/mol. The molecule has 108 valence electrons. The highest BCUT2D eigenvalue weighted by atomic mass is 19.4. The number of unbranched alkanes of at least 4 members (excludes halogenated alkanes) is 1. The van der Waals surface area contributed by atoms with Crippen LogP contribution in [0, 0.1) is 18.8 Å². The van der Waals surface area contributed by atoms with Gasteiger partial charge in [0.05, 0.1) is 0 Å². The van der Waals surface area contributed by atoms with Crippen LogP contribution in [0.15, 0.2) is 18.2 Å². The van der Waals surface area contributed by atoms with Crippen LogP contribution in [0.1, 0.15) is 24.0 Å². The van der Waals surface area contributed by atoms with E-state index in [2.05, 4.69) is 11.8 Å². The Labute approximate surface area is 114 Å². The molecule has 20 heavy (non-hydrogen) atoms. The number of halogens is 3.